The lowest BCUT2D eigenvalue weighted by molar-refractivity contribution is -0.140. The zero-order chi connectivity index (χ0) is 33.8. The number of carbonyl (C=O) groups excluding carboxylic acids is 3. The number of ketones is 2. The quantitative estimate of drug-likeness (QED) is 0.0697. The molecule has 3 aliphatic rings. The van der Waals surface area contributed by atoms with Crippen LogP contribution in [-0.4, -0.2) is 66.9 Å². The number of carbonyl (C=O) groups is 3. The molecule has 2 aliphatic heterocycles. The number of nitrogens with zero attached hydrogens (tertiary/aromatic N) is 3. The van der Waals surface area contributed by atoms with Crippen molar-refractivity contribution >= 4 is 46.4 Å². The third kappa shape index (κ3) is 7.03. The fourth-order valence-electron chi connectivity index (χ4n) is 6.89. The average molecular weight is 664 g/mol. The lowest BCUT2D eigenvalue weighted by Crippen LogP contribution is -2.49. The Morgan fingerprint density at radius 1 is 0.958 bits per heavy atom. The van der Waals surface area contributed by atoms with Gasteiger partial charge in [0, 0.05) is 76.6 Å². The highest BCUT2D eigenvalue weighted by Crippen LogP contribution is 2.45. The maximum Gasteiger partial charge on any atom is 0.331 e. The van der Waals surface area contributed by atoms with Gasteiger partial charge in [-0.1, -0.05) is 41.6 Å². The number of morpholine rings is 1. The molecule has 6 rings (SSSR count). The van der Waals surface area contributed by atoms with Gasteiger partial charge < -0.3 is 19.4 Å². The molecular formula is C39H41N3O5S. The topological polar surface area (TPSA) is 88.5 Å². The molecule has 1 aliphatic carbocycles. The number of anilines is 2. The first-order valence-corrected chi connectivity index (χ1v) is 17.5. The predicted molar refractivity (Wildman–Crippen MR) is 192 cm³/mol. The molecule has 248 valence electrons. The van der Waals surface area contributed by atoms with Crippen LogP contribution in [0.15, 0.2) is 107 Å². The van der Waals surface area contributed by atoms with Crippen molar-refractivity contribution in [3.63, 3.8) is 0 Å². The van der Waals surface area contributed by atoms with Gasteiger partial charge in [0.25, 0.3) is 0 Å². The molecule has 0 aromatic heterocycles. The molecule has 0 bridgehead atoms. The predicted octanol–water partition coefficient (Wildman–Crippen LogP) is 7.26. The van der Waals surface area contributed by atoms with Crippen LogP contribution in [0.25, 0.3) is 0 Å². The van der Waals surface area contributed by atoms with E-state index < -0.39 is 5.97 Å². The molecule has 1 fully saturated rings. The smallest absolute Gasteiger partial charge is 0.331 e. The normalized spacial score (nSPS) is 21.8. The second-order valence-electron chi connectivity index (χ2n) is 12.4. The van der Waals surface area contributed by atoms with Crippen LogP contribution in [0.2, 0.25) is 0 Å². The molecule has 2 heterocycles. The molecule has 9 heteroatoms. The van der Waals surface area contributed by atoms with Crippen LogP contribution < -0.4 is 9.80 Å². The van der Waals surface area contributed by atoms with Gasteiger partial charge >= 0.3 is 5.97 Å². The summed E-state index contributed by atoms with van der Waals surface area (Å²) in [5.74, 6) is -0.403. The highest BCUT2D eigenvalue weighted by molar-refractivity contribution is 7.99. The second-order valence-corrected chi connectivity index (χ2v) is 13.6. The van der Waals surface area contributed by atoms with Gasteiger partial charge in [-0.05, 0) is 80.9 Å². The van der Waals surface area contributed by atoms with Crippen LogP contribution in [0.5, 0.6) is 0 Å². The molecule has 3 aromatic rings. The maximum absolute atomic E-state index is 13.8. The maximum atomic E-state index is 13.8. The fourth-order valence-corrected chi connectivity index (χ4v) is 7.77. The summed E-state index contributed by atoms with van der Waals surface area (Å²) in [4.78, 5) is 49.9. The molecule has 0 spiro atoms. The van der Waals surface area contributed by atoms with E-state index in [1.165, 1.54) is 6.92 Å². The Balaban J connectivity index is 1.23. The zero-order valence-corrected chi connectivity index (χ0v) is 28.6. The van der Waals surface area contributed by atoms with Gasteiger partial charge in [-0.2, -0.15) is 0 Å². The summed E-state index contributed by atoms with van der Waals surface area (Å²) in [6.07, 6.45) is 6.40. The number of ether oxygens (including phenoxy) is 1. The highest BCUT2D eigenvalue weighted by Gasteiger charge is 2.38. The molecule has 1 saturated heterocycles. The lowest BCUT2D eigenvalue weighted by atomic mass is 9.85. The summed E-state index contributed by atoms with van der Waals surface area (Å²) >= 11 is 1.61. The van der Waals surface area contributed by atoms with Crippen molar-refractivity contribution in [3.8, 4) is 0 Å². The van der Waals surface area contributed by atoms with E-state index in [1.807, 2.05) is 84.9 Å². The Hall–Kier alpha value is -4.47. The number of fused-ring (bicyclic) bond motifs is 3. The molecule has 8 nitrogen and oxygen atoms in total. The van der Waals surface area contributed by atoms with E-state index >= 15 is 0 Å². The summed E-state index contributed by atoms with van der Waals surface area (Å²) in [5.41, 5.74) is 5.03. The number of thioether (sulfide) groups is 1. The van der Waals surface area contributed by atoms with Crippen LogP contribution >= 0.6 is 11.8 Å². The van der Waals surface area contributed by atoms with Gasteiger partial charge in [-0.3, -0.25) is 9.59 Å². The number of benzene rings is 3. The second kappa shape index (κ2) is 14.7. The van der Waals surface area contributed by atoms with Crippen molar-refractivity contribution < 1.29 is 24.0 Å². The van der Waals surface area contributed by atoms with Gasteiger partial charge in [0.15, 0.2) is 5.78 Å². The first-order valence-electron chi connectivity index (χ1n) is 16.5. The van der Waals surface area contributed by atoms with Crippen molar-refractivity contribution in [2.45, 2.75) is 63.1 Å². The van der Waals surface area contributed by atoms with E-state index in [2.05, 4.69) is 41.8 Å². The summed E-state index contributed by atoms with van der Waals surface area (Å²) < 4.78 is 5.69. The van der Waals surface area contributed by atoms with Crippen LogP contribution in [0.3, 0.4) is 0 Å². The van der Waals surface area contributed by atoms with E-state index in [0.29, 0.717) is 42.1 Å². The van der Waals surface area contributed by atoms with E-state index in [0.717, 1.165) is 28.4 Å². The molecule has 0 radical (unpaired) electrons. The minimum absolute atomic E-state index is 0.0326. The van der Waals surface area contributed by atoms with Gasteiger partial charge in [0.2, 0.25) is 5.78 Å². The molecule has 0 amide bonds. The average Bonchev–Trinajstić information content (AvgIpc) is 3.42. The standard InChI is InChI=1S/C39H41N3O5S/c1-5-41-36-17-13-29(38(44)28-11-15-31(16-12-28)42-25(2)23-46-24-26(42)3)21-33(36)34-22-30(14-18-37(34)41)39(45)35(40-47-27(4)43)19-20-48-32-9-7-6-8-10-32/h6-18,21-22,25-26,33,36H,5,19-20,23-24H2,1-4H3/b40-35+. The van der Waals surface area contributed by atoms with Crippen molar-refractivity contribution in [1.29, 1.82) is 0 Å². The van der Waals surface area contributed by atoms with Crippen LogP contribution in [0.4, 0.5) is 11.4 Å². The SMILES string of the molecule is CCN1c2ccc(C(=O)/C(CCSc3ccccc3)=N/OC(C)=O)cc2C2C=C(C(=O)c3ccc(N4C(C)COCC4C)cc3)C=CC21. The molecular weight excluding hydrogens is 623 g/mol. The first-order chi connectivity index (χ1) is 23.2. The van der Waals surface area contributed by atoms with Crippen LogP contribution in [0, 0.1) is 0 Å². The monoisotopic (exact) mass is 663 g/mol. The number of rotatable bonds is 11. The van der Waals surface area contributed by atoms with Crippen LogP contribution in [-0.2, 0) is 14.4 Å². The molecule has 4 unspecified atom stereocenters. The minimum Gasteiger partial charge on any atom is -0.377 e. The summed E-state index contributed by atoms with van der Waals surface area (Å²) in [6, 6.07) is 24.0. The number of Topliss-reactive ketones (excluding diaryl/α,β-unsaturated/α-hetero) is 2. The number of hydrogen-bond donors (Lipinski definition) is 0. The van der Waals surface area contributed by atoms with Gasteiger partial charge in [-0.25, -0.2) is 4.79 Å². The summed E-state index contributed by atoms with van der Waals surface area (Å²) in [6.45, 7) is 9.82. The van der Waals surface area contributed by atoms with Gasteiger partial charge in [0.1, 0.15) is 5.71 Å². The minimum atomic E-state index is -0.581. The summed E-state index contributed by atoms with van der Waals surface area (Å²) in [7, 11) is 0. The molecule has 0 N–H and O–H groups in total. The van der Waals surface area contributed by atoms with E-state index in [1.54, 1.807) is 11.8 Å². The number of likely N-dealkylation sites (N-methyl/N-ethyl adjacent to an activating group) is 1. The first kappa shape index (κ1) is 33.4. The number of allylic oxidation sites excluding steroid dienone is 2. The van der Waals surface area contributed by atoms with Crippen molar-refractivity contribution in [3.05, 3.63) is 113 Å². The van der Waals surface area contributed by atoms with Crippen molar-refractivity contribution in [2.24, 2.45) is 5.16 Å². The van der Waals surface area contributed by atoms with Gasteiger partial charge in [0.05, 0.1) is 19.3 Å². The Morgan fingerprint density at radius 2 is 1.67 bits per heavy atom. The fraction of sp³-hybridized carbons (Fsp3) is 0.333. The molecule has 48 heavy (non-hydrogen) atoms. The van der Waals surface area contributed by atoms with E-state index in [9.17, 15) is 14.4 Å². The van der Waals surface area contributed by atoms with Crippen molar-refractivity contribution in [2.75, 3.05) is 35.3 Å². The Bertz CT molecular complexity index is 1760. The number of oxime groups is 1. The molecule has 4 atom stereocenters. The molecule has 0 saturated carbocycles. The Labute approximate surface area is 286 Å². The summed E-state index contributed by atoms with van der Waals surface area (Å²) in [5, 5.41) is 3.97. The van der Waals surface area contributed by atoms with E-state index in [-0.39, 0.29) is 41.3 Å². The Morgan fingerprint density at radius 3 is 2.35 bits per heavy atom. The van der Waals surface area contributed by atoms with Crippen molar-refractivity contribution in [1.82, 2.24) is 0 Å². The largest absolute Gasteiger partial charge is 0.377 e. The Kier molecular flexibility index (Phi) is 10.3. The van der Waals surface area contributed by atoms with E-state index in [4.69, 9.17) is 9.57 Å². The molecule has 3 aromatic carbocycles. The third-order valence-electron chi connectivity index (χ3n) is 9.11. The van der Waals surface area contributed by atoms with Gasteiger partial charge in [-0.15, -0.1) is 11.8 Å². The third-order valence-corrected chi connectivity index (χ3v) is 10.1. The number of hydrogen-bond acceptors (Lipinski definition) is 9. The zero-order valence-electron chi connectivity index (χ0n) is 27.8. The lowest BCUT2D eigenvalue weighted by Gasteiger charge is -2.40. The van der Waals surface area contributed by atoms with Crippen LogP contribution in [0.1, 0.15) is 66.3 Å². The highest BCUT2D eigenvalue weighted by atomic mass is 32.2.